The Hall–Kier alpha value is -2.59. The number of alkyl halides is 3. The highest BCUT2D eigenvalue weighted by Gasteiger charge is 2.49. The van der Waals surface area contributed by atoms with E-state index < -0.39 is 64.6 Å². The Morgan fingerprint density at radius 2 is 1.67 bits per heavy atom. The molecule has 0 spiro atoms. The van der Waals surface area contributed by atoms with E-state index in [1.54, 1.807) is 13.0 Å². The van der Waals surface area contributed by atoms with Crippen molar-refractivity contribution >= 4 is 40.9 Å². The van der Waals surface area contributed by atoms with Gasteiger partial charge in [0.2, 0.25) is 0 Å². The Kier molecular flexibility index (Phi) is 7.86. The molecule has 2 fully saturated rings. The molecule has 4 rings (SSSR count). The number of nitrogens with zero attached hydrogens (tertiary/aromatic N) is 3. The summed E-state index contributed by atoms with van der Waals surface area (Å²) in [7, 11) is 0. The van der Waals surface area contributed by atoms with Crippen molar-refractivity contribution in [3.05, 3.63) is 51.3 Å². The summed E-state index contributed by atoms with van der Waals surface area (Å²) < 4.78 is 44.2. The molecule has 212 valence electrons. The van der Waals surface area contributed by atoms with E-state index in [1.807, 2.05) is 13.8 Å². The molecular weight excluding hydrogens is 558 g/mol. The molecule has 0 bridgehead atoms. The van der Waals surface area contributed by atoms with Gasteiger partial charge in [-0.3, -0.25) is 19.1 Å². The summed E-state index contributed by atoms with van der Waals surface area (Å²) in [5, 5.41) is 13.6. The number of ketones is 1. The highest BCUT2D eigenvalue weighted by Crippen LogP contribution is 2.46. The van der Waals surface area contributed by atoms with Crippen LogP contribution in [0.1, 0.15) is 91.7 Å². The lowest BCUT2D eigenvalue weighted by molar-refractivity contribution is -0.152. The molecule has 39 heavy (non-hydrogen) atoms. The van der Waals surface area contributed by atoms with E-state index in [0.29, 0.717) is 6.42 Å². The van der Waals surface area contributed by atoms with Crippen LogP contribution < -0.4 is 0 Å². The van der Waals surface area contributed by atoms with E-state index >= 15 is 0 Å². The fraction of sp³-hybridized carbons (Fsp3) is 0.556. The fourth-order valence-electron chi connectivity index (χ4n) is 5.68. The van der Waals surface area contributed by atoms with E-state index in [0.717, 1.165) is 17.3 Å². The standard InChI is InChI=1S/C27H30Cl2F3N3O4/c1-25(2)10-9-20(25)34(14-19(36)21-17(28)5-4-6-18(21)29)23(37)16-13-33-35(22(16)27(30,31)32)15-7-11-26(3,12-8-15)24(38)39/h4-6,13,15,20H,7-12,14H2,1-3H3,(H,38,39)/t15-,20-,26-/m0/s1. The van der Waals surface area contributed by atoms with Gasteiger partial charge in [-0.15, -0.1) is 0 Å². The lowest BCUT2D eigenvalue weighted by atomic mass is 9.66. The summed E-state index contributed by atoms with van der Waals surface area (Å²) in [5.41, 5.74) is -3.27. The van der Waals surface area contributed by atoms with Crippen molar-refractivity contribution in [3.8, 4) is 0 Å². The average Bonchev–Trinajstić information content (AvgIpc) is 3.29. The quantitative estimate of drug-likeness (QED) is 0.354. The minimum absolute atomic E-state index is 0.00573. The Balaban J connectivity index is 1.70. The second-order valence-electron chi connectivity index (χ2n) is 11.4. The molecule has 7 nitrogen and oxygen atoms in total. The van der Waals surface area contributed by atoms with Crippen molar-refractivity contribution in [2.24, 2.45) is 10.8 Å². The van der Waals surface area contributed by atoms with Crippen LogP contribution in [0.5, 0.6) is 0 Å². The van der Waals surface area contributed by atoms with Crippen LogP contribution >= 0.6 is 23.2 Å². The predicted octanol–water partition coefficient (Wildman–Crippen LogP) is 6.93. The lowest BCUT2D eigenvalue weighted by Gasteiger charge is -2.50. The predicted molar refractivity (Wildman–Crippen MR) is 139 cm³/mol. The van der Waals surface area contributed by atoms with Crippen LogP contribution in [0.15, 0.2) is 24.4 Å². The summed E-state index contributed by atoms with van der Waals surface area (Å²) in [6, 6.07) is 3.32. The number of hydrogen-bond donors (Lipinski definition) is 1. The summed E-state index contributed by atoms with van der Waals surface area (Å²) in [5.74, 6) is -2.52. The van der Waals surface area contributed by atoms with Crippen LogP contribution in [0.3, 0.4) is 0 Å². The number of carboxylic acids is 1. The summed E-state index contributed by atoms with van der Waals surface area (Å²) in [4.78, 5) is 39.9. The monoisotopic (exact) mass is 587 g/mol. The van der Waals surface area contributed by atoms with Gasteiger partial charge in [-0.05, 0) is 63.0 Å². The highest BCUT2D eigenvalue weighted by molar-refractivity contribution is 6.40. The number of carbonyl (C=O) groups is 3. The van der Waals surface area contributed by atoms with E-state index in [-0.39, 0.29) is 41.3 Å². The number of aliphatic carboxylic acids is 1. The zero-order chi connectivity index (χ0) is 28.9. The molecule has 0 aliphatic heterocycles. The minimum Gasteiger partial charge on any atom is -0.481 e. The largest absolute Gasteiger partial charge is 0.481 e. The molecule has 1 aromatic heterocycles. The fourth-order valence-corrected chi connectivity index (χ4v) is 6.29. The third kappa shape index (κ3) is 5.55. The van der Waals surface area contributed by atoms with Crippen molar-refractivity contribution in [1.29, 1.82) is 0 Å². The minimum atomic E-state index is -4.91. The molecule has 0 unspecified atom stereocenters. The topological polar surface area (TPSA) is 92.5 Å². The van der Waals surface area contributed by atoms with Crippen molar-refractivity contribution in [1.82, 2.24) is 14.7 Å². The number of carboxylic acid groups (broad SMARTS) is 1. The number of carbonyl (C=O) groups excluding carboxylic acids is 2. The van der Waals surface area contributed by atoms with Gasteiger partial charge in [0.25, 0.3) is 5.91 Å². The van der Waals surface area contributed by atoms with Crippen LogP contribution in [0.4, 0.5) is 13.2 Å². The van der Waals surface area contributed by atoms with Gasteiger partial charge in [-0.2, -0.15) is 18.3 Å². The Morgan fingerprint density at radius 1 is 1.08 bits per heavy atom. The molecule has 2 aliphatic carbocycles. The summed E-state index contributed by atoms with van der Waals surface area (Å²) in [6.07, 6.45) is -2.04. The van der Waals surface area contributed by atoms with Gasteiger partial charge >= 0.3 is 12.1 Å². The van der Waals surface area contributed by atoms with Crippen molar-refractivity contribution in [2.75, 3.05) is 6.54 Å². The molecule has 2 saturated carbocycles. The number of rotatable bonds is 7. The van der Waals surface area contributed by atoms with Crippen molar-refractivity contribution in [2.45, 2.75) is 77.6 Å². The SMILES string of the molecule is CC1(C)CC[C@@H]1N(CC(=O)c1c(Cl)cccc1Cl)C(=O)c1cnn([C@H]2CC[C@](C)(C(=O)O)CC2)c1C(F)(F)F. The average molecular weight is 588 g/mol. The normalized spacial score (nSPS) is 24.6. The molecule has 1 atom stereocenters. The number of hydrogen-bond acceptors (Lipinski definition) is 4. The summed E-state index contributed by atoms with van der Waals surface area (Å²) >= 11 is 12.4. The number of halogens is 5. The van der Waals surface area contributed by atoms with Gasteiger partial charge in [0.1, 0.15) is 0 Å². The molecule has 2 aliphatic rings. The number of benzene rings is 1. The third-order valence-corrected chi connectivity index (χ3v) is 9.00. The Bertz CT molecular complexity index is 1280. The summed E-state index contributed by atoms with van der Waals surface area (Å²) in [6.45, 7) is 4.86. The first-order valence-electron chi connectivity index (χ1n) is 12.7. The molecule has 12 heteroatoms. The zero-order valence-corrected chi connectivity index (χ0v) is 23.3. The van der Waals surface area contributed by atoms with Crippen LogP contribution in [0, 0.1) is 10.8 Å². The molecule has 1 heterocycles. The molecule has 1 aromatic carbocycles. The number of aromatic nitrogens is 2. The lowest BCUT2D eigenvalue weighted by Crippen LogP contribution is -2.56. The van der Waals surface area contributed by atoms with Gasteiger partial charge in [0, 0.05) is 6.04 Å². The Labute approximate surface area is 234 Å². The first kappa shape index (κ1) is 29.4. The smallest absolute Gasteiger partial charge is 0.433 e. The molecule has 1 amide bonds. The molecule has 2 aromatic rings. The highest BCUT2D eigenvalue weighted by atomic mass is 35.5. The zero-order valence-electron chi connectivity index (χ0n) is 21.8. The van der Waals surface area contributed by atoms with Gasteiger partial charge < -0.3 is 10.0 Å². The first-order valence-corrected chi connectivity index (χ1v) is 13.5. The van der Waals surface area contributed by atoms with E-state index in [4.69, 9.17) is 23.2 Å². The molecule has 0 radical (unpaired) electrons. The van der Waals surface area contributed by atoms with Crippen LogP contribution in [-0.4, -0.2) is 50.0 Å². The number of amides is 1. The van der Waals surface area contributed by atoms with Gasteiger partial charge in [-0.1, -0.05) is 43.1 Å². The molecule has 1 N–H and O–H groups in total. The van der Waals surface area contributed by atoms with Gasteiger partial charge in [0.05, 0.1) is 45.4 Å². The van der Waals surface area contributed by atoms with Crippen LogP contribution in [0.2, 0.25) is 10.0 Å². The second kappa shape index (κ2) is 10.4. The Morgan fingerprint density at radius 3 is 2.13 bits per heavy atom. The van der Waals surface area contributed by atoms with E-state index in [1.165, 1.54) is 17.0 Å². The maximum absolute atomic E-state index is 14.5. The van der Waals surface area contributed by atoms with E-state index in [2.05, 4.69) is 5.10 Å². The molecule has 0 saturated heterocycles. The van der Waals surface area contributed by atoms with Gasteiger partial charge in [-0.25, -0.2) is 0 Å². The van der Waals surface area contributed by atoms with Crippen molar-refractivity contribution < 1.29 is 32.7 Å². The third-order valence-electron chi connectivity index (χ3n) is 8.37. The first-order chi connectivity index (χ1) is 18.1. The van der Waals surface area contributed by atoms with Crippen LogP contribution in [-0.2, 0) is 11.0 Å². The second-order valence-corrected chi connectivity index (χ2v) is 12.3. The maximum Gasteiger partial charge on any atom is 0.433 e. The maximum atomic E-state index is 14.5. The van der Waals surface area contributed by atoms with Crippen molar-refractivity contribution in [3.63, 3.8) is 0 Å². The van der Waals surface area contributed by atoms with Gasteiger partial charge in [0.15, 0.2) is 11.5 Å². The molecular formula is C27H30Cl2F3N3O4. The van der Waals surface area contributed by atoms with E-state index in [9.17, 15) is 32.7 Å². The number of Topliss-reactive ketones (excluding diaryl/α,β-unsaturated/α-hetero) is 1. The van der Waals surface area contributed by atoms with Crippen LogP contribution in [0.25, 0.3) is 0 Å².